The van der Waals surface area contributed by atoms with Crippen LogP contribution in [0.4, 0.5) is 5.95 Å². The molecule has 8 nitrogen and oxygen atoms in total. The molecule has 0 aliphatic carbocycles. The molecule has 0 radical (unpaired) electrons. The van der Waals surface area contributed by atoms with Crippen LogP contribution in [0.15, 0.2) is 49.1 Å². The molecule has 0 spiro atoms. The van der Waals surface area contributed by atoms with Gasteiger partial charge < -0.3 is 19.5 Å². The number of nitrogens with zero attached hydrogens (tertiary/aromatic N) is 6. The van der Waals surface area contributed by atoms with Crippen LogP contribution in [0.5, 0.6) is 5.88 Å². The van der Waals surface area contributed by atoms with E-state index >= 15 is 0 Å². The smallest absolute Gasteiger partial charge is 0.236 e. The van der Waals surface area contributed by atoms with Gasteiger partial charge in [-0.05, 0) is 37.1 Å². The molecular formula is C26H27N7OS. The van der Waals surface area contributed by atoms with Gasteiger partial charge in [-0.3, -0.25) is 0 Å². The number of benzene rings is 1. The van der Waals surface area contributed by atoms with Crippen molar-refractivity contribution in [1.29, 1.82) is 0 Å². The molecule has 0 atom stereocenters. The van der Waals surface area contributed by atoms with Crippen LogP contribution in [0.1, 0.15) is 19.4 Å². The number of hydrogen-bond acceptors (Lipinski definition) is 8. The molecule has 5 heterocycles. The maximum Gasteiger partial charge on any atom is 0.236 e. The molecule has 1 N–H and O–H groups in total. The number of hydrogen-bond donors (Lipinski definition) is 1. The SMILES string of the molecule is CCOc1nc(N2CCNCC2)nc2c1sc1nc(-c3ccc(-n4ccnc4)cc3)cc(CC)c12. The van der Waals surface area contributed by atoms with Gasteiger partial charge >= 0.3 is 0 Å². The van der Waals surface area contributed by atoms with Gasteiger partial charge in [0.1, 0.15) is 15.0 Å². The number of aryl methyl sites for hydroxylation is 1. The summed E-state index contributed by atoms with van der Waals surface area (Å²) in [7, 11) is 0. The molecular weight excluding hydrogens is 458 g/mol. The van der Waals surface area contributed by atoms with Gasteiger partial charge in [0.2, 0.25) is 11.8 Å². The van der Waals surface area contributed by atoms with Crippen LogP contribution in [0.25, 0.3) is 37.4 Å². The van der Waals surface area contributed by atoms with Crippen LogP contribution >= 0.6 is 11.3 Å². The van der Waals surface area contributed by atoms with Crippen molar-refractivity contribution in [3.05, 3.63) is 54.6 Å². The number of anilines is 1. The van der Waals surface area contributed by atoms with Crippen molar-refractivity contribution in [3.8, 4) is 22.8 Å². The Labute approximate surface area is 207 Å². The maximum absolute atomic E-state index is 6.00. The molecule has 1 aliphatic rings. The summed E-state index contributed by atoms with van der Waals surface area (Å²) in [6, 6.07) is 10.6. The van der Waals surface area contributed by atoms with E-state index in [2.05, 4.69) is 52.5 Å². The Balaban J connectivity index is 1.48. The summed E-state index contributed by atoms with van der Waals surface area (Å²) in [6.45, 7) is 8.37. The van der Waals surface area contributed by atoms with E-state index in [9.17, 15) is 0 Å². The third kappa shape index (κ3) is 4.00. The molecule has 6 rings (SSSR count). The first kappa shape index (κ1) is 21.9. The van der Waals surface area contributed by atoms with Crippen molar-refractivity contribution in [2.75, 3.05) is 37.7 Å². The largest absolute Gasteiger partial charge is 0.477 e. The number of imidazole rings is 1. The van der Waals surface area contributed by atoms with Gasteiger partial charge in [-0.1, -0.05) is 19.1 Å². The van der Waals surface area contributed by atoms with E-state index in [0.29, 0.717) is 12.5 Å². The number of ether oxygens (including phenoxy) is 1. The lowest BCUT2D eigenvalue weighted by molar-refractivity contribution is 0.331. The van der Waals surface area contributed by atoms with Crippen LogP contribution < -0.4 is 15.0 Å². The number of piperazine rings is 1. The lowest BCUT2D eigenvalue weighted by atomic mass is 10.0. The summed E-state index contributed by atoms with van der Waals surface area (Å²) >= 11 is 1.62. The van der Waals surface area contributed by atoms with Crippen molar-refractivity contribution in [3.63, 3.8) is 0 Å². The molecule has 35 heavy (non-hydrogen) atoms. The molecule has 178 valence electrons. The van der Waals surface area contributed by atoms with Gasteiger partial charge in [0.15, 0.2) is 0 Å². The molecule has 4 aromatic heterocycles. The van der Waals surface area contributed by atoms with Gasteiger partial charge in [-0.2, -0.15) is 4.98 Å². The minimum absolute atomic E-state index is 0.559. The Morgan fingerprint density at radius 3 is 2.60 bits per heavy atom. The van der Waals surface area contributed by atoms with Crippen molar-refractivity contribution in [2.24, 2.45) is 0 Å². The van der Waals surface area contributed by atoms with Gasteiger partial charge in [0, 0.05) is 55.2 Å². The zero-order valence-corrected chi connectivity index (χ0v) is 20.7. The summed E-state index contributed by atoms with van der Waals surface area (Å²) in [5.74, 6) is 1.39. The summed E-state index contributed by atoms with van der Waals surface area (Å²) in [6.07, 6.45) is 6.42. The number of aromatic nitrogens is 5. The standard InChI is InChI=1S/C26H27N7OS/c1-3-17-15-20(18-5-7-19(8-6-18)33-14-11-28-16-33)29-25-21(17)22-23(35-25)24(34-4-2)31-26(30-22)32-12-9-27-10-13-32/h5-8,11,14-16,27H,3-4,9-10,12-13H2,1-2H3. The normalized spacial score (nSPS) is 14.2. The number of pyridine rings is 1. The third-order valence-corrected chi connectivity index (χ3v) is 7.41. The van der Waals surface area contributed by atoms with Gasteiger partial charge in [-0.15, -0.1) is 11.3 Å². The number of rotatable bonds is 6. The average Bonchev–Trinajstić information content (AvgIpc) is 3.57. The zero-order chi connectivity index (χ0) is 23.8. The van der Waals surface area contributed by atoms with Crippen LogP contribution in [-0.4, -0.2) is 57.3 Å². The Kier molecular flexibility index (Phi) is 5.79. The predicted molar refractivity (Wildman–Crippen MR) is 141 cm³/mol. The van der Waals surface area contributed by atoms with E-state index in [1.165, 1.54) is 5.56 Å². The molecule has 0 unspecified atom stereocenters. The quantitative estimate of drug-likeness (QED) is 0.380. The molecule has 1 aliphatic heterocycles. The second-order valence-corrected chi connectivity index (χ2v) is 9.49. The second-order valence-electron chi connectivity index (χ2n) is 8.50. The number of nitrogens with one attached hydrogen (secondary N) is 1. The number of thiophene rings is 1. The first-order valence-electron chi connectivity index (χ1n) is 12.1. The first-order chi connectivity index (χ1) is 17.2. The Hall–Kier alpha value is -3.56. The highest BCUT2D eigenvalue weighted by Gasteiger charge is 2.22. The van der Waals surface area contributed by atoms with Crippen molar-refractivity contribution in [1.82, 2.24) is 29.8 Å². The molecule has 9 heteroatoms. The van der Waals surface area contributed by atoms with E-state index in [1.54, 1.807) is 23.9 Å². The van der Waals surface area contributed by atoms with E-state index < -0.39 is 0 Å². The van der Waals surface area contributed by atoms with Crippen molar-refractivity contribution < 1.29 is 4.74 Å². The fourth-order valence-corrected chi connectivity index (χ4v) is 5.66. The topological polar surface area (TPSA) is 81.0 Å². The predicted octanol–water partition coefficient (Wildman–Crippen LogP) is 4.46. The fraction of sp³-hybridized carbons (Fsp3) is 0.308. The Morgan fingerprint density at radius 2 is 1.89 bits per heavy atom. The highest BCUT2D eigenvalue weighted by Crippen LogP contribution is 2.41. The van der Waals surface area contributed by atoms with Gasteiger partial charge in [0.25, 0.3) is 0 Å². The van der Waals surface area contributed by atoms with E-state index in [1.807, 2.05) is 17.7 Å². The average molecular weight is 486 g/mol. The summed E-state index contributed by atoms with van der Waals surface area (Å²) < 4.78 is 8.96. The highest BCUT2D eigenvalue weighted by atomic mass is 32.1. The lowest BCUT2D eigenvalue weighted by Gasteiger charge is -2.27. The molecule has 0 amide bonds. The molecule has 1 fully saturated rings. The molecule has 5 aromatic rings. The zero-order valence-electron chi connectivity index (χ0n) is 19.9. The highest BCUT2D eigenvalue weighted by molar-refractivity contribution is 7.25. The van der Waals surface area contributed by atoms with E-state index in [-0.39, 0.29) is 0 Å². The van der Waals surface area contributed by atoms with Crippen LogP contribution in [-0.2, 0) is 6.42 Å². The molecule has 0 saturated carbocycles. The third-order valence-electron chi connectivity index (χ3n) is 6.35. The maximum atomic E-state index is 6.00. The van der Waals surface area contributed by atoms with Crippen LogP contribution in [0.2, 0.25) is 0 Å². The molecule has 1 saturated heterocycles. The monoisotopic (exact) mass is 485 g/mol. The van der Waals surface area contributed by atoms with Crippen molar-refractivity contribution in [2.45, 2.75) is 20.3 Å². The fourth-order valence-electron chi connectivity index (χ4n) is 4.56. The van der Waals surface area contributed by atoms with Crippen molar-refractivity contribution >= 4 is 37.7 Å². The van der Waals surface area contributed by atoms with E-state index in [4.69, 9.17) is 19.7 Å². The Morgan fingerprint density at radius 1 is 1.06 bits per heavy atom. The second kappa shape index (κ2) is 9.24. The summed E-state index contributed by atoms with van der Waals surface area (Å²) in [5.41, 5.74) is 5.31. The summed E-state index contributed by atoms with van der Waals surface area (Å²) in [4.78, 5) is 22.3. The molecule has 1 aromatic carbocycles. The minimum atomic E-state index is 0.559. The molecule has 0 bridgehead atoms. The van der Waals surface area contributed by atoms with Gasteiger partial charge in [-0.25, -0.2) is 15.0 Å². The van der Waals surface area contributed by atoms with Crippen LogP contribution in [0.3, 0.4) is 0 Å². The van der Waals surface area contributed by atoms with Gasteiger partial charge in [0.05, 0.1) is 18.6 Å². The van der Waals surface area contributed by atoms with E-state index in [0.717, 1.165) is 75.9 Å². The minimum Gasteiger partial charge on any atom is -0.477 e. The summed E-state index contributed by atoms with van der Waals surface area (Å²) in [5, 5.41) is 4.51. The number of fused-ring (bicyclic) bond motifs is 3. The van der Waals surface area contributed by atoms with Crippen LogP contribution in [0, 0.1) is 0 Å². The lowest BCUT2D eigenvalue weighted by Crippen LogP contribution is -2.44. The Bertz CT molecular complexity index is 1470. The first-order valence-corrected chi connectivity index (χ1v) is 12.9.